The molecule has 0 saturated heterocycles. The average molecular weight is 533 g/mol. The van der Waals surface area contributed by atoms with Crippen molar-refractivity contribution < 1.29 is 19.1 Å². The van der Waals surface area contributed by atoms with Crippen LogP contribution in [-0.4, -0.2) is 23.1 Å². The molecule has 1 aromatic rings. The van der Waals surface area contributed by atoms with Crippen LogP contribution in [0.5, 0.6) is 0 Å². The SMILES string of the molecule is Cc1cc(C(=O)OC(C)(C)C23CC4CC(CC(C4)C2)C3)cc(C(=O)OC(C)(C)C23CC4CC(CC(C4)C2)C3)c1. The van der Waals surface area contributed by atoms with Crippen LogP contribution in [0.1, 0.15) is 131 Å². The number of hydrogen-bond donors (Lipinski definition) is 0. The normalized spacial score (nSPS) is 40.1. The van der Waals surface area contributed by atoms with Gasteiger partial charge in [-0.25, -0.2) is 9.59 Å². The first-order valence-electron chi connectivity index (χ1n) is 15.9. The minimum absolute atomic E-state index is 0.0882. The fourth-order valence-electron chi connectivity index (χ4n) is 11.5. The zero-order valence-electron chi connectivity index (χ0n) is 24.8. The molecule has 0 spiro atoms. The van der Waals surface area contributed by atoms with Gasteiger partial charge in [-0.1, -0.05) is 0 Å². The summed E-state index contributed by atoms with van der Waals surface area (Å²) in [6, 6.07) is 5.43. The van der Waals surface area contributed by atoms with E-state index in [1.165, 1.54) is 77.0 Å². The Balaban J connectivity index is 1.08. The Morgan fingerprint density at radius 1 is 0.590 bits per heavy atom. The number of ether oxygens (including phenoxy) is 2. The van der Waals surface area contributed by atoms with E-state index < -0.39 is 11.2 Å². The molecule has 0 aliphatic heterocycles. The van der Waals surface area contributed by atoms with Crippen molar-refractivity contribution in [3.8, 4) is 0 Å². The largest absolute Gasteiger partial charge is 0.455 e. The maximum Gasteiger partial charge on any atom is 0.338 e. The van der Waals surface area contributed by atoms with Crippen molar-refractivity contribution in [2.45, 2.75) is 123 Å². The highest BCUT2D eigenvalue weighted by molar-refractivity contribution is 5.96. The van der Waals surface area contributed by atoms with Crippen LogP contribution in [-0.2, 0) is 9.47 Å². The molecular formula is C35H48O4. The summed E-state index contributed by atoms with van der Waals surface area (Å²) in [5.74, 6) is 4.17. The first-order chi connectivity index (χ1) is 18.3. The number of benzene rings is 1. The minimum Gasteiger partial charge on any atom is -0.455 e. The van der Waals surface area contributed by atoms with Crippen LogP contribution >= 0.6 is 0 Å². The molecule has 4 nitrogen and oxygen atoms in total. The lowest BCUT2D eigenvalue weighted by Crippen LogP contribution is -2.57. The number of carbonyl (C=O) groups is 2. The van der Waals surface area contributed by atoms with Gasteiger partial charge in [-0.3, -0.25) is 0 Å². The van der Waals surface area contributed by atoms with E-state index in [1.807, 2.05) is 19.1 Å². The van der Waals surface area contributed by atoms with E-state index in [0.717, 1.165) is 41.1 Å². The summed E-state index contributed by atoms with van der Waals surface area (Å²) in [6.07, 6.45) is 15.3. The second-order valence-corrected chi connectivity index (χ2v) is 16.3. The van der Waals surface area contributed by atoms with Crippen LogP contribution < -0.4 is 0 Å². The summed E-state index contributed by atoms with van der Waals surface area (Å²) >= 11 is 0. The predicted octanol–water partition coefficient (Wildman–Crippen LogP) is 8.30. The highest BCUT2D eigenvalue weighted by Gasteiger charge is 2.60. The average Bonchev–Trinajstić information content (AvgIpc) is 2.81. The Morgan fingerprint density at radius 3 is 1.15 bits per heavy atom. The molecule has 212 valence electrons. The molecule has 0 N–H and O–H groups in total. The van der Waals surface area contributed by atoms with Gasteiger partial charge in [0.2, 0.25) is 0 Å². The molecule has 39 heavy (non-hydrogen) atoms. The number of carbonyl (C=O) groups excluding carboxylic acids is 2. The van der Waals surface area contributed by atoms with E-state index in [1.54, 1.807) is 6.07 Å². The molecule has 8 aliphatic carbocycles. The number of rotatable bonds is 6. The molecule has 0 radical (unpaired) electrons. The molecule has 0 heterocycles. The van der Waals surface area contributed by atoms with Crippen LogP contribution in [0.25, 0.3) is 0 Å². The van der Waals surface area contributed by atoms with Gasteiger partial charge in [-0.15, -0.1) is 0 Å². The van der Waals surface area contributed by atoms with E-state index in [4.69, 9.17) is 9.47 Å². The first kappa shape index (κ1) is 26.1. The van der Waals surface area contributed by atoms with Gasteiger partial charge in [-0.05, 0) is 171 Å². The molecular weight excluding hydrogens is 484 g/mol. The third-order valence-corrected chi connectivity index (χ3v) is 12.9. The van der Waals surface area contributed by atoms with Gasteiger partial charge in [0.25, 0.3) is 0 Å². The minimum atomic E-state index is -0.523. The van der Waals surface area contributed by atoms with E-state index in [-0.39, 0.29) is 22.8 Å². The van der Waals surface area contributed by atoms with Gasteiger partial charge < -0.3 is 9.47 Å². The zero-order valence-corrected chi connectivity index (χ0v) is 24.8. The van der Waals surface area contributed by atoms with Crippen LogP contribution in [0.2, 0.25) is 0 Å². The van der Waals surface area contributed by atoms with E-state index in [0.29, 0.717) is 11.1 Å². The Labute approximate surface area is 235 Å². The third kappa shape index (κ3) is 4.21. The Hall–Kier alpha value is -1.84. The summed E-state index contributed by atoms with van der Waals surface area (Å²) in [5.41, 5.74) is 0.947. The fourth-order valence-corrected chi connectivity index (χ4v) is 11.5. The third-order valence-electron chi connectivity index (χ3n) is 12.9. The maximum atomic E-state index is 13.6. The smallest absolute Gasteiger partial charge is 0.338 e. The lowest BCUT2D eigenvalue weighted by Gasteiger charge is -2.61. The second kappa shape index (κ2) is 8.58. The lowest BCUT2D eigenvalue weighted by molar-refractivity contribution is -0.165. The van der Waals surface area contributed by atoms with Gasteiger partial charge in [0.1, 0.15) is 11.2 Å². The zero-order chi connectivity index (χ0) is 27.4. The summed E-state index contributed by atoms with van der Waals surface area (Å²) in [7, 11) is 0. The molecule has 8 aliphatic rings. The quantitative estimate of drug-likeness (QED) is 0.346. The summed E-state index contributed by atoms with van der Waals surface area (Å²) < 4.78 is 12.7. The van der Waals surface area contributed by atoms with Crippen molar-refractivity contribution >= 4 is 11.9 Å². The molecule has 0 aromatic heterocycles. The van der Waals surface area contributed by atoms with Crippen LogP contribution in [0, 0.1) is 53.3 Å². The Bertz CT molecular complexity index is 1030. The highest BCUT2D eigenvalue weighted by atomic mass is 16.6. The van der Waals surface area contributed by atoms with Gasteiger partial charge in [0, 0.05) is 10.8 Å². The molecule has 8 bridgehead atoms. The van der Waals surface area contributed by atoms with Gasteiger partial charge in [-0.2, -0.15) is 0 Å². The van der Waals surface area contributed by atoms with Crippen molar-refractivity contribution in [3.63, 3.8) is 0 Å². The highest BCUT2D eigenvalue weighted by Crippen LogP contribution is 2.65. The molecule has 0 atom stereocenters. The van der Waals surface area contributed by atoms with Gasteiger partial charge >= 0.3 is 11.9 Å². The van der Waals surface area contributed by atoms with E-state index >= 15 is 0 Å². The predicted molar refractivity (Wildman–Crippen MR) is 151 cm³/mol. The lowest BCUT2D eigenvalue weighted by atomic mass is 9.46. The molecule has 4 heteroatoms. The second-order valence-electron chi connectivity index (χ2n) is 16.3. The first-order valence-corrected chi connectivity index (χ1v) is 15.9. The molecule has 9 rings (SSSR count). The summed E-state index contributed by atoms with van der Waals surface area (Å²) in [4.78, 5) is 27.2. The number of esters is 2. The van der Waals surface area contributed by atoms with Crippen molar-refractivity contribution in [1.29, 1.82) is 0 Å². The fraction of sp³-hybridized carbons (Fsp3) is 0.771. The standard InChI is InChI=1S/C35H48O4/c1-21-6-28(30(36)38-32(2,3)34-15-22-8-23(16-34)10-24(9-22)17-34)14-29(7-21)31(37)39-33(4,5)35-18-25-11-26(19-35)13-27(12-25)20-35/h6-7,14,22-27H,8-13,15-20H2,1-5H3. The van der Waals surface area contributed by atoms with E-state index in [2.05, 4.69) is 27.7 Å². The maximum absolute atomic E-state index is 13.6. The van der Waals surface area contributed by atoms with Crippen LogP contribution in [0.3, 0.4) is 0 Å². The molecule has 8 fully saturated rings. The summed E-state index contributed by atoms with van der Waals surface area (Å²) in [5, 5.41) is 0. The molecule has 0 unspecified atom stereocenters. The van der Waals surface area contributed by atoms with Crippen molar-refractivity contribution in [1.82, 2.24) is 0 Å². The number of hydrogen-bond acceptors (Lipinski definition) is 4. The van der Waals surface area contributed by atoms with Gasteiger partial charge in [0.05, 0.1) is 11.1 Å². The topological polar surface area (TPSA) is 52.6 Å². The van der Waals surface area contributed by atoms with Crippen LogP contribution in [0.15, 0.2) is 18.2 Å². The monoisotopic (exact) mass is 532 g/mol. The van der Waals surface area contributed by atoms with Crippen molar-refractivity contribution in [2.75, 3.05) is 0 Å². The van der Waals surface area contributed by atoms with Gasteiger partial charge in [0.15, 0.2) is 0 Å². The van der Waals surface area contributed by atoms with E-state index in [9.17, 15) is 9.59 Å². The van der Waals surface area contributed by atoms with Crippen molar-refractivity contribution in [3.05, 3.63) is 34.9 Å². The Kier molecular flexibility index (Phi) is 5.74. The molecule has 0 amide bonds. The summed E-state index contributed by atoms with van der Waals surface area (Å²) in [6.45, 7) is 10.5. The molecule has 8 saturated carbocycles. The van der Waals surface area contributed by atoms with Crippen LogP contribution in [0.4, 0.5) is 0 Å². The Morgan fingerprint density at radius 2 is 0.872 bits per heavy atom. The molecule has 1 aromatic carbocycles. The number of aryl methyl sites for hydroxylation is 1. The van der Waals surface area contributed by atoms with Crippen molar-refractivity contribution in [2.24, 2.45) is 46.3 Å².